The molecule has 0 aliphatic rings. The maximum Gasteiger partial charge on any atom is 0.279 e. The van der Waals surface area contributed by atoms with E-state index in [-0.39, 0.29) is 10.6 Å². The van der Waals surface area contributed by atoms with E-state index in [4.69, 9.17) is 9.47 Å². The van der Waals surface area contributed by atoms with Crippen LogP contribution in [0.1, 0.15) is 0 Å². The molecule has 6 nitrogen and oxygen atoms in total. The third-order valence-corrected chi connectivity index (χ3v) is 4.18. The lowest BCUT2D eigenvalue weighted by atomic mass is 10.1. The Labute approximate surface area is 145 Å². The number of hydrogen-bond donors (Lipinski definition) is 0. The number of benzene rings is 3. The fourth-order valence-corrected chi connectivity index (χ4v) is 2.87. The normalized spacial score (nSPS) is 10.5. The van der Waals surface area contributed by atoms with Crippen LogP contribution in [-0.4, -0.2) is 26.2 Å². The number of hydrogen-bond acceptors (Lipinski definition) is 5. The maximum absolute atomic E-state index is 11.5. The minimum absolute atomic E-state index is 0.0479. The maximum atomic E-state index is 11.5. The third-order valence-electron chi connectivity index (χ3n) is 4.18. The van der Waals surface area contributed by atoms with Crippen molar-refractivity contribution in [1.29, 1.82) is 0 Å². The first kappa shape index (κ1) is 16.6. The zero-order valence-corrected chi connectivity index (χ0v) is 14.2. The van der Waals surface area contributed by atoms with Crippen LogP contribution in [0.5, 0.6) is 11.5 Å². The number of nitro benzene ring substituents is 1. The van der Waals surface area contributed by atoms with E-state index in [1.807, 2.05) is 48.3 Å². The van der Waals surface area contributed by atoms with Crippen molar-refractivity contribution in [2.75, 3.05) is 26.2 Å². The number of fused-ring (bicyclic) bond motifs is 1. The lowest BCUT2D eigenvalue weighted by Crippen LogP contribution is -2.11. The lowest BCUT2D eigenvalue weighted by molar-refractivity contribution is -0.383. The second-order valence-electron chi connectivity index (χ2n) is 5.51. The van der Waals surface area contributed by atoms with Crippen LogP contribution >= 0.6 is 0 Å². The van der Waals surface area contributed by atoms with Gasteiger partial charge in [-0.05, 0) is 30.3 Å². The smallest absolute Gasteiger partial charge is 0.279 e. The summed E-state index contributed by atoms with van der Waals surface area (Å²) in [5.41, 5.74) is 1.54. The van der Waals surface area contributed by atoms with Gasteiger partial charge in [-0.3, -0.25) is 10.1 Å². The molecule has 128 valence electrons. The molecule has 3 aromatic carbocycles. The van der Waals surface area contributed by atoms with Crippen molar-refractivity contribution in [3.05, 3.63) is 64.7 Å². The van der Waals surface area contributed by atoms with E-state index in [1.165, 1.54) is 0 Å². The summed E-state index contributed by atoms with van der Waals surface area (Å²) >= 11 is 0. The van der Waals surface area contributed by atoms with E-state index in [0.29, 0.717) is 22.2 Å². The summed E-state index contributed by atoms with van der Waals surface area (Å²) in [6.45, 7) is 0. The Hall–Kier alpha value is -3.28. The largest absolute Gasteiger partial charge is 0.497 e. The molecule has 6 heteroatoms. The fourth-order valence-electron chi connectivity index (χ4n) is 2.87. The number of nitro groups is 1. The van der Waals surface area contributed by atoms with Crippen LogP contribution in [0.2, 0.25) is 0 Å². The zero-order chi connectivity index (χ0) is 18.0. The molecule has 0 heterocycles. The lowest BCUT2D eigenvalue weighted by Gasteiger charge is -2.23. The highest BCUT2D eigenvalue weighted by atomic mass is 16.6. The van der Waals surface area contributed by atoms with Crippen LogP contribution in [0.15, 0.2) is 54.6 Å². The van der Waals surface area contributed by atoms with E-state index in [0.717, 1.165) is 11.4 Å². The van der Waals surface area contributed by atoms with Crippen LogP contribution < -0.4 is 14.4 Å². The van der Waals surface area contributed by atoms with Crippen LogP contribution in [0, 0.1) is 10.1 Å². The van der Waals surface area contributed by atoms with Crippen LogP contribution in [0.25, 0.3) is 10.8 Å². The number of non-ortho nitro benzene ring substituents is 1. The van der Waals surface area contributed by atoms with E-state index in [9.17, 15) is 10.1 Å². The summed E-state index contributed by atoms with van der Waals surface area (Å²) in [6.07, 6.45) is 0. The molecule has 0 amide bonds. The van der Waals surface area contributed by atoms with Gasteiger partial charge in [0, 0.05) is 24.2 Å². The summed E-state index contributed by atoms with van der Waals surface area (Å²) in [5.74, 6) is 1.34. The third kappa shape index (κ3) is 2.94. The monoisotopic (exact) mass is 338 g/mol. The number of methoxy groups -OCH3 is 2. The molecule has 25 heavy (non-hydrogen) atoms. The van der Waals surface area contributed by atoms with Crippen LogP contribution in [-0.2, 0) is 0 Å². The molecule has 0 aliphatic heterocycles. The predicted molar refractivity (Wildman–Crippen MR) is 98.2 cm³/mol. The molecule has 0 fully saturated rings. The Balaban J connectivity index is 2.21. The topological polar surface area (TPSA) is 64.8 Å². The molecule has 0 saturated carbocycles. The first-order chi connectivity index (χ1) is 12.1. The van der Waals surface area contributed by atoms with Crippen molar-refractivity contribution < 1.29 is 14.4 Å². The van der Waals surface area contributed by atoms with Gasteiger partial charge in [-0.15, -0.1) is 0 Å². The van der Waals surface area contributed by atoms with Crippen molar-refractivity contribution in [3.8, 4) is 11.5 Å². The number of ether oxygens (including phenoxy) is 2. The van der Waals surface area contributed by atoms with Gasteiger partial charge in [0.25, 0.3) is 5.69 Å². The summed E-state index contributed by atoms with van der Waals surface area (Å²) in [5, 5.41) is 12.8. The standard InChI is InChI=1S/C19H18N2O4/c1-20(13-8-10-14(24-2)11-9-13)18-12-17(21(22)23)15-6-4-5-7-16(15)19(18)25-3/h4-12H,1-3H3. The zero-order valence-electron chi connectivity index (χ0n) is 14.2. The Bertz CT molecular complexity index is 923. The second kappa shape index (κ2) is 6.68. The Morgan fingerprint density at radius 3 is 2.16 bits per heavy atom. The highest BCUT2D eigenvalue weighted by molar-refractivity contribution is 6.00. The van der Waals surface area contributed by atoms with Crippen molar-refractivity contribution in [3.63, 3.8) is 0 Å². The van der Waals surface area contributed by atoms with Gasteiger partial charge < -0.3 is 14.4 Å². The van der Waals surface area contributed by atoms with Gasteiger partial charge in [0.15, 0.2) is 5.75 Å². The van der Waals surface area contributed by atoms with Gasteiger partial charge in [0.1, 0.15) is 5.75 Å². The molecule has 3 aromatic rings. The molecule has 0 bridgehead atoms. The van der Waals surface area contributed by atoms with Crippen molar-refractivity contribution >= 4 is 27.8 Å². The van der Waals surface area contributed by atoms with E-state index >= 15 is 0 Å². The van der Waals surface area contributed by atoms with Crippen molar-refractivity contribution in [2.45, 2.75) is 0 Å². The van der Waals surface area contributed by atoms with E-state index in [2.05, 4.69) is 0 Å². The molecule has 0 atom stereocenters. The molecule has 0 spiro atoms. The first-order valence-corrected chi connectivity index (χ1v) is 7.68. The number of anilines is 2. The van der Waals surface area contributed by atoms with Crippen LogP contribution in [0.4, 0.5) is 17.1 Å². The summed E-state index contributed by atoms with van der Waals surface area (Å²) < 4.78 is 10.8. The summed E-state index contributed by atoms with van der Waals surface area (Å²) in [4.78, 5) is 13.0. The van der Waals surface area contributed by atoms with E-state index < -0.39 is 0 Å². The van der Waals surface area contributed by atoms with Gasteiger partial charge in [-0.25, -0.2) is 0 Å². The molecule has 0 unspecified atom stereocenters. The molecular weight excluding hydrogens is 320 g/mol. The number of nitrogens with zero attached hydrogens (tertiary/aromatic N) is 2. The van der Waals surface area contributed by atoms with Gasteiger partial charge in [-0.1, -0.05) is 18.2 Å². The number of rotatable bonds is 5. The molecule has 3 rings (SSSR count). The van der Waals surface area contributed by atoms with Gasteiger partial charge in [-0.2, -0.15) is 0 Å². The fraction of sp³-hybridized carbons (Fsp3) is 0.158. The van der Waals surface area contributed by atoms with Gasteiger partial charge in [0.2, 0.25) is 0 Å². The highest BCUT2D eigenvalue weighted by Crippen LogP contribution is 2.43. The Morgan fingerprint density at radius 1 is 0.960 bits per heavy atom. The first-order valence-electron chi connectivity index (χ1n) is 7.68. The van der Waals surface area contributed by atoms with Crippen LogP contribution in [0.3, 0.4) is 0 Å². The molecule has 0 saturated heterocycles. The minimum atomic E-state index is -0.368. The van der Waals surface area contributed by atoms with Crippen molar-refractivity contribution in [2.24, 2.45) is 0 Å². The average molecular weight is 338 g/mol. The molecule has 0 radical (unpaired) electrons. The molecule has 0 N–H and O–H groups in total. The summed E-state index contributed by atoms with van der Waals surface area (Å²) in [6, 6.07) is 16.2. The highest BCUT2D eigenvalue weighted by Gasteiger charge is 2.22. The summed E-state index contributed by atoms with van der Waals surface area (Å²) in [7, 11) is 5.02. The Kier molecular flexibility index (Phi) is 4.43. The predicted octanol–water partition coefficient (Wildman–Crippen LogP) is 4.53. The Morgan fingerprint density at radius 2 is 1.60 bits per heavy atom. The molecule has 0 aliphatic carbocycles. The second-order valence-corrected chi connectivity index (χ2v) is 5.51. The minimum Gasteiger partial charge on any atom is -0.497 e. The van der Waals surface area contributed by atoms with Crippen molar-refractivity contribution in [1.82, 2.24) is 0 Å². The quantitative estimate of drug-likeness (QED) is 0.505. The average Bonchev–Trinajstić information content (AvgIpc) is 2.65. The van der Waals surface area contributed by atoms with Gasteiger partial charge in [0.05, 0.1) is 30.2 Å². The molecular formula is C19H18N2O4. The van der Waals surface area contributed by atoms with E-state index in [1.54, 1.807) is 32.4 Å². The molecule has 0 aromatic heterocycles. The van der Waals surface area contributed by atoms with Gasteiger partial charge >= 0.3 is 0 Å². The SMILES string of the molecule is COc1ccc(N(C)c2cc([N+](=O)[O-])c3ccccc3c2OC)cc1.